The molecule has 8 nitrogen and oxygen atoms in total. The largest absolute Gasteiger partial charge is 0.451 e. The van der Waals surface area contributed by atoms with Crippen molar-refractivity contribution in [3.8, 4) is 9.75 Å². The summed E-state index contributed by atoms with van der Waals surface area (Å²) in [6, 6.07) is 6.75. The van der Waals surface area contributed by atoms with Crippen molar-refractivity contribution in [2.24, 2.45) is 0 Å². The van der Waals surface area contributed by atoms with Crippen molar-refractivity contribution in [2.75, 3.05) is 26.3 Å². The number of unbranched alkanes of at least 4 members (excludes halogenated alkanes) is 2. The number of carbonyl (C=O) groups is 4. The molecule has 0 fully saturated rings. The molecule has 2 aromatic heterocycles. The molecule has 2 heterocycles. The number of ether oxygens (including phenoxy) is 2. The fourth-order valence-electron chi connectivity index (χ4n) is 2.48. The van der Waals surface area contributed by atoms with Gasteiger partial charge in [0.05, 0.1) is 0 Å². The molecule has 0 aliphatic rings. The van der Waals surface area contributed by atoms with Gasteiger partial charge >= 0.3 is 11.9 Å². The first-order chi connectivity index (χ1) is 15.4. The molecule has 0 aliphatic carbocycles. The molecule has 0 spiro atoms. The molecule has 0 aromatic carbocycles. The summed E-state index contributed by atoms with van der Waals surface area (Å²) in [4.78, 5) is 50.0. The van der Waals surface area contributed by atoms with E-state index in [0.717, 1.165) is 35.4 Å². The summed E-state index contributed by atoms with van der Waals surface area (Å²) >= 11 is 2.42. The van der Waals surface area contributed by atoms with Gasteiger partial charge in [0.1, 0.15) is 9.75 Å². The number of hydrogen-bond acceptors (Lipinski definition) is 8. The highest BCUT2D eigenvalue weighted by Crippen LogP contribution is 2.34. The number of hydrogen-bond donors (Lipinski definition) is 2. The van der Waals surface area contributed by atoms with Gasteiger partial charge in [-0.05, 0) is 37.1 Å². The summed E-state index contributed by atoms with van der Waals surface area (Å²) in [5, 5.41) is 5.37. The Hall–Kier alpha value is -2.72. The van der Waals surface area contributed by atoms with E-state index in [1.807, 2.05) is 13.8 Å². The first kappa shape index (κ1) is 25.5. The Morgan fingerprint density at radius 1 is 0.719 bits per heavy atom. The van der Waals surface area contributed by atoms with Crippen molar-refractivity contribution < 1.29 is 28.7 Å². The molecule has 32 heavy (non-hydrogen) atoms. The average Bonchev–Trinajstić information content (AvgIpc) is 3.46. The van der Waals surface area contributed by atoms with E-state index in [1.165, 1.54) is 22.7 Å². The number of rotatable bonds is 13. The van der Waals surface area contributed by atoms with Gasteiger partial charge in [0.25, 0.3) is 11.8 Å². The fraction of sp³-hybridized carbons (Fsp3) is 0.455. The summed E-state index contributed by atoms with van der Waals surface area (Å²) < 4.78 is 10.1. The zero-order valence-electron chi connectivity index (χ0n) is 18.2. The molecule has 2 rings (SSSR count). The van der Waals surface area contributed by atoms with Crippen LogP contribution in [0.4, 0.5) is 0 Å². The average molecular weight is 481 g/mol. The van der Waals surface area contributed by atoms with E-state index in [0.29, 0.717) is 22.8 Å². The number of amides is 2. The van der Waals surface area contributed by atoms with Crippen molar-refractivity contribution in [2.45, 2.75) is 39.5 Å². The Morgan fingerprint density at radius 2 is 1.12 bits per heavy atom. The summed E-state index contributed by atoms with van der Waals surface area (Å²) in [7, 11) is 0. The van der Waals surface area contributed by atoms with Crippen molar-refractivity contribution in [3.63, 3.8) is 0 Å². The second-order valence-electron chi connectivity index (χ2n) is 6.89. The highest BCUT2D eigenvalue weighted by molar-refractivity contribution is 7.23. The van der Waals surface area contributed by atoms with Crippen LogP contribution in [0.25, 0.3) is 9.75 Å². The zero-order valence-corrected chi connectivity index (χ0v) is 19.9. The van der Waals surface area contributed by atoms with Crippen LogP contribution in [0.2, 0.25) is 0 Å². The third-order valence-corrected chi connectivity index (χ3v) is 6.56. The van der Waals surface area contributed by atoms with Crippen molar-refractivity contribution in [1.29, 1.82) is 0 Å². The van der Waals surface area contributed by atoms with Gasteiger partial charge in [0, 0.05) is 22.8 Å². The van der Waals surface area contributed by atoms with Gasteiger partial charge in [-0.3, -0.25) is 9.59 Å². The van der Waals surface area contributed by atoms with Crippen LogP contribution in [0.5, 0.6) is 0 Å². The third-order valence-electron chi connectivity index (χ3n) is 4.23. The Bertz CT molecular complexity index is 847. The quantitative estimate of drug-likeness (QED) is 0.335. The Kier molecular flexibility index (Phi) is 10.9. The lowest BCUT2D eigenvalue weighted by molar-refractivity contribution is -0.124. The van der Waals surface area contributed by atoms with E-state index < -0.39 is 11.9 Å². The monoisotopic (exact) mass is 480 g/mol. The Labute approximate surface area is 195 Å². The van der Waals surface area contributed by atoms with E-state index in [9.17, 15) is 19.2 Å². The van der Waals surface area contributed by atoms with Crippen LogP contribution in [0.3, 0.4) is 0 Å². The minimum absolute atomic E-state index is 0.323. The number of nitrogens with one attached hydrogen (secondary N) is 2. The molecular weight excluding hydrogens is 452 g/mol. The van der Waals surface area contributed by atoms with Gasteiger partial charge in [-0.2, -0.15) is 0 Å². The lowest BCUT2D eigenvalue weighted by atomic mass is 10.3. The molecule has 0 unspecified atom stereocenters. The second kappa shape index (κ2) is 13.6. The first-order valence-corrected chi connectivity index (χ1v) is 12.2. The van der Waals surface area contributed by atoms with E-state index >= 15 is 0 Å². The van der Waals surface area contributed by atoms with E-state index in [-0.39, 0.29) is 25.0 Å². The standard InChI is InChI=1S/C22H28N2O6S2/c1-3-5-11-23-19(25)13-29-21(27)17-9-7-15(31-17)16-8-10-18(32-16)22(28)30-14-20(26)24-12-6-4-2/h7-10H,3-6,11-14H2,1-2H3,(H,23,25)(H,24,26). The zero-order chi connectivity index (χ0) is 23.3. The maximum atomic E-state index is 12.2. The van der Waals surface area contributed by atoms with E-state index in [4.69, 9.17) is 9.47 Å². The minimum atomic E-state index is -0.572. The summed E-state index contributed by atoms with van der Waals surface area (Å²) in [5.74, 6) is -1.80. The second-order valence-corrected chi connectivity index (χ2v) is 9.05. The highest BCUT2D eigenvalue weighted by atomic mass is 32.1. The van der Waals surface area contributed by atoms with Crippen molar-refractivity contribution in [1.82, 2.24) is 10.6 Å². The first-order valence-electron chi connectivity index (χ1n) is 10.5. The molecule has 0 radical (unpaired) electrons. The Balaban J connectivity index is 1.84. The molecule has 2 N–H and O–H groups in total. The normalized spacial score (nSPS) is 10.4. The van der Waals surface area contributed by atoms with Crippen molar-refractivity contribution >= 4 is 46.4 Å². The van der Waals surface area contributed by atoms with Crippen LogP contribution in [-0.2, 0) is 19.1 Å². The van der Waals surface area contributed by atoms with Crippen LogP contribution in [-0.4, -0.2) is 50.1 Å². The predicted molar refractivity (Wildman–Crippen MR) is 124 cm³/mol. The summed E-state index contributed by atoms with van der Waals surface area (Å²) in [5.41, 5.74) is 0. The maximum absolute atomic E-state index is 12.2. The molecular formula is C22H28N2O6S2. The fourth-order valence-corrected chi connectivity index (χ4v) is 4.37. The van der Waals surface area contributed by atoms with Crippen LogP contribution < -0.4 is 10.6 Å². The molecule has 0 saturated heterocycles. The molecule has 10 heteroatoms. The molecule has 2 aromatic rings. The van der Waals surface area contributed by atoms with Crippen LogP contribution in [0.1, 0.15) is 58.9 Å². The van der Waals surface area contributed by atoms with Crippen LogP contribution >= 0.6 is 22.7 Å². The topological polar surface area (TPSA) is 111 Å². The molecule has 0 saturated carbocycles. The van der Waals surface area contributed by atoms with Gasteiger partial charge < -0.3 is 20.1 Å². The molecule has 0 atom stereocenters. The van der Waals surface area contributed by atoms with Gasteiger partial charge in [0.15, 0.2) is 13.2 Å². The molecule has 0 bridgehead atoms. The number of esters is 2. The summed E-state index contributed by atoms with van der Waals surface area (Å²) in [6.45, 7) is 4.51. The smallest absolute Gasteiger partial charge is 0.348 e. The molecule has 174 valence electrons. The van der Waals surface area contributed by atoms with E-state index in [1.54, 1.807) is 24.3 Å². The molecule has 0 aliphatic heterocycles. The predicted octanol–water partition coefficient (Wildman–Crippen LogP) is 3.62. The lowest BCUT2D eigenvalue weighted by Crippen LogP contribution is -2.29. The minimum Gasteiger partial charge on any atom is -0.451 e. The van der Waals surface area contributed by atoms with E-state index in [2.05, 4.69) is 10.6 Å². The SMILES string of the molecule is CCCCNC(=O)COC(=O)c1ccc(-c2ccc(C(=O)OCC(=O)NCCCC)s2)s1. The van der Waals surface area contributed by atoms with Crippen LogP contribution in [0, 0.1) is 0 Å². The van der Waals surface area contributed by atoms with Gasteiger partial charge in [-0.25, -0.2) is 9.59 Å². The van der Waals surface area contributed by atoms with Crippen molar-refractivity contribution in [3.05, 3.63) is 34.0 Å². The number of thiophene rings is 2. The van der Waals surface area contributed by atoms with Gasteiger partial charge in [0.2, 0.25) is 0 Å². The van der Waals surface area contributed by atoms with Gasteiger partial charge in [-0.1, -0.05) is 26.7 Å². The molecule has 2 amide bonds. The van der Waals surface area contributed by atoms with Crippen LogP contribution in [0.15, 0.2) is 24.3 Å². The maximum Gasteiger partial charge on any atom is 0.348 e. The Morgan fingerprint density at radius 3 is 1.50 bits per heavy atom. The third kappa shape index (κ3) is 8.43. The highest BCUT2D eigenvalue weighted by Gasteiger charge is 2.17. The number of carbonyl (C=O) groups excluding carboxylic acids is 4. The summed E-state index contributed by atoms with van der Waals surface area (Å²) in [6.07, 6.45) is 3.68. The van der Waals surface area contributed by atoms with Gasteiger partial charge in [-0.15, -0.1) is 22.7 Å². The lowest BCUT2D eigenvalue weighted by Gasteiger charge is -2.05.